The number of carbonyl (C=O) groups excluding carboxylic acids is 2. The van der Waals surface area contributed by atoms with Crippen LogP contribution in [0.25, 0.3) is 11.3 Å². The summed E-state index contributed by atoms with van der Waals surface area (Å²) in [6.45, 7) is 3.65. The van der Waals surface area contributed by atoms with Crippen LogP contribution in [-0.4, -0.2) is 33.5 Å². The number of alkyl halides is 3. The molecular formula is C23H18F6N4O3. The largest absolute Gasteiger partial charge is 0.463 e. The van der Waals surface area contributed by atoms with Crippen molar-refractivity contribution in [3.63, 3.8) is 0 Å². The Morgan fingerprint density at radius 2 is 1.86 bits per heavy atom. The fourth-order valence-corrected chi connectivity index (χ4v) is 3.92. The van der Waals surface area contributed by atoms with Crippen LogP contribution in [0.1, 0.15) is 31.0 Å². The van der Waals surface area contributed by atoms with Crippen molar-refractivity contribution in [2.45, 2.75) is 32.5 Å². The van der Waals surface area contributed by atoms with Crippen molar-refractivity contribution in [3.8, 4) is 11.3 Å². The molecule has 1 unspecified atom stereocenters. The van der Waals surface area contributed by atoms with E-state index in [2.05, 4.69) is 15.6 Å². The van der Waals surface area contributed by atoms with Crippen LogP contribution in [0.3, 0.4) is 0 Å². The molecule has 0 radical (unpaired) electrons. The lowest BCUT2D eigenvalue weighted by molar-refractivity contribution is -0.141. The molecule has 0 saturated carbocycles. The van der Waals surface area contributed by atoms with Gasteiger partial charge < -0.3 is 10.1 Å². The van der Waals surface area contributed by atoms with Gasteiger partial charge in [-0.15, -0.1) is 5.10 Å². The fourth-order valence-electron chi connectivity index (χ4n) is 3.92. The number of nitrogens with zero attached hydrogens (tertiary/aromatic N) is 3. The molecule has 3 aromatic rings. The molecule has 1 aromatic heterocycles. The number of halogens is 6. The molecule has 0 aliphatic carbocycles. The van der Waals surface area contributed by atoms with Gasteiger partial charge in [0.2, 0.25) is 5.91 Å². The number of aromatic nitrogens is 3. The van der Waals surface area contributed by atoms with Crippen molar-refractivity contribution in [2.24, 2.45) is 5.41 Å². The Bertz CT molecular complexity index is 1330. The first-order chi connectivity index (χ1) is 16.8. The number of cyclic esters (lactones) is 1. The number of hydrogen-bond acceptors (Lipinski definition) is 5. The average Bonchev–Trinajstić information content (AvgIpc) is 3.31. The Hall–Kier alpha value is -3.90. The van der Waals surface area contributed by atoms with E-state index in [1.807, 2.05) is 0 Å². The standard InChI is InChI=1S/C23H18F6N4O3/c1-22(2)10-36-21(35)20(22)33-9-16(31-32-33)18-14(24)7-12(8-15(18)25)30-17(34)6-11-4-3-5-13(19(11)26)23(27,28)29/h3-5,7-9,20H,6,10H2,1-2H3,(H,30,34). The summed E-state index contributed by atoms with van der Waals surface area (Å²) in [5.41, 5.74) is -3.84. The maximum Gasteiger partial charge on any atom is 0.419 e. The molecule has 190 valence electrons. The number of benzene rings is 2. The van der Waals surface area contributed by atoms with E-state index in [0.29, 0.717) is 6.07 Å². The van der Waals surface area contributed by atoms with Crippen LogP contribution < -0.4 is 5.32 Å². The molecule has 1 aliphatic rings. The monoisotopic (exact) mass is 512 g/mol. The molecule has 0 spiro atoms. The molecule has 4 rings (SSSR count). The highest BCUT2D eigenvalue weighted by molar-refractivity contribution is 5.92. The molecule has 2 heterocycles. The number of ether oxygens (including phenoxy) is 1. The van der Waals surface area contributed by atoms with Crippen LogP contribution in [0.15, 0.2) is 36.5 Å². The minimum atomic E-state index is -4.95. The van der Waals surface area contributed by atoms with Gasteiger partial charge in [-0.3, -0.25) is 4.79 Å². The van der Waals surface area contributed by atoms with Gasteiger partial charge in [-0.25, -0.2) is 22.6 Å². The zero-order valence-corrected chi connectivity index (χ0v) is 18.8. The number of rotatable bonds is 5. The molecule has 13 heteroatoms. The molecule has 2 aromatic carbocycles. The van der Waals surface area contributed by atoms with Gasteiger partial charge in [0.05, 0.1) is 30.4 Å². The van der Waals surface area contributed by atoms with Crippen LogP contribution >= 0.6 is 0 Å². The van der Waals surface area contributed by atoms with E-state index in [4.69, 9.17) is 4.74 Å². The third-order valence-electron chi connectivity index (χ3n) is 5.64. The van der Waals surface area contributed by atoms with Crippen LogP contribution in [0, 0.1) is 22.9 Å². The first kappa shape index (κ1) is 25.2. The van der Waals surface area contributed by atoms with Crippen LogP contribution in [0.4, 0.5) is 32.0 Å². The van der Waals surface area contributed by atoms with Gasteiger partial charge in [0.25, 0.3) is 0 Å². The van der Waals surface area contributed by atoms with Crippen LogP contribution in [-0.2, 0) is 26.9 Å². The molecule has 1 saturated heterocycles. The van der Waals surface area contributed by atoms with Gasteiger partial charge >= 0.3 is 12.1 Å². The van der Waals surface area contributed by atoms with Crippen LogP contribution in [0.5, 0.6) is 0 Å². The number of anilines is 1. The summed E-state index contributed by atoms with van der Waals surface area (Å²) in [6, 6.07) is 3.17. The quantitative estimate of drug-likeness (QED) is 0.396. The predicted octanol–water partition coefficient (Wildman–Crippen LogP) is 4.69. The Balaban J connectivity index is 1.53. The minimum Gasteiger partial charge on any atom is -0.463 e. The third-order valence-corrected chi connectivity index (χ3v) is 5.64. The number of nitrogens with one attached hydrogen (secondary N) is 1. The highest BCUT2D eigenvalue weighted by Gasteiger charge is 2.46. The second-order valence-corrected chi connectivity index (χ2v) is 8.90. The first-order valence-corrected chi connectivity index (χ1v) is 10.5. The number of hydrogen-bond donors (Lipinski definition) is 1. The number of carbonyl (C=O) groups is 2. The summed E-state index contributed by atoms with van der Waals surface area (Å²) in [5, 5.41) is 9.67. The molecule has 0 bridgehead atoms. The molecular weight excluding hydrogens is 494 g/mol. The van der Waals surface area contributed by atoms with Crippen molar-refractivity contribution in [1.29, 1.82) is 0 Å². The maximum absolute atomic E-state index is 14.8. The van der Waals surface area contributed by atoms with Gasteiger partial charge in [0.1, 0.15) is 23.1 Å². The summed E-state index contributed by atoms with van der Waals surface area (Å²) < 4.78 is 88.5. The van der Waals surface area contributed by atoms with E-state index in [1.54, 1.807) is 13.8 Å². The summed E-state index contributed by atoms with van der Waals surface area (Å²) in [5.74, 6) is -5.42. The molecule has 36 heavy (non-hydrogen) atoms. The van der Waals surface area contributed by atoms with E-state index >= 15 is 0 Å². The predicted molar refractivity (Wildman–Crippen MR) is 113 cm³/mol. The summed E-state index contributed by atoms with van der Waals surface area (Å²) in [4.78, 5) is 24.3. The smallest absolute Gasteiger partial charge is 0.419 e. The van der Waals surface area contributed by atoms with E-state index in [0.717, 1.165) is 28.9 Å². The van der Waals surface area contributed by atoms with Gasteiger partial charge in [-0.05, 0) is 23.8 Å². The maximum atomic E-state index is 14.8. The van der Waals surface area contributed by atoms with Crippen LogP contribution in [0.2, 0.25) is 0 Å². The Kier molecular flexibility index (Phi) is 6.27. The minimum absolute atomic E-state index is 0.132. The highest BCUT2D eigenvalue weighted by atomic mass is 19.4. The normalized spacial score (nSPS) is 17.2. The molecule has 1 fully saturated rings. The van der Waals surface area contributed by atoms with E-state index in [-0.39, 0.29) is 18.0 Å². The molecule has 1 N–H and O–H groups in total. The fraction of sp³-hybridized carbons (Fsp3) is 0.304. The lowest BCUT2D eigenvalue weighted by atomic mass is 9.88. The van der Waals surface area contributed by atoms with E-state index in [9.17, 15) is 35.9 Å². The molecule has 1 atom stereocenters. The Morgan fingerprint density at radius 1 is 1.19 bits per heavy atom. The SMILES string of the molecule is CC1(C)COC(=O)C1n1cc(-c2c(F)cc(NC(=O)Cc3cccc(C(F)(F)F)c3F)cc2F)nn1. The lowest BCUT2D eigenvalue weighted by Crippen LogP contribution is -2.28. The molecule has 7 nitrogen and oxygen atoms in total. The average molecular weight is 512 g/mol. The van der Waals surface area contributed by atoms with Gasteiger partial charge in [-0.2, -0.15) is 13.2 Å². The zero-order valence-electron chi connectivity index (χ0n) is 18.8. The van der Waals surface area contributed by atoms with E-state index in [1.165, 1.54) is 6.20 Å². The topological polar surface area (TPSA) is 86.1 Å². The lowest BCUT2D eigenvalue weighted by Gasteiger charge is -2.20. The second-order valence-electron chi connectivity index (χ2n) is 8.90. The molecule has 1 aliphatic heterocycles. The van der Waals surface area contributed by atoms with Crippen molar-refractivity contribution < 1.29 is 40.7 Å². The van der Waals surface area contributed by atoms with Gasteiger partial charge in [-0.1, -0.05) is 31.2 Å². The molecule has 1 amide bonds. The Labute approximate surface area is 200 Å². The van der Waals surface area contributed by atoms with Gasteiger partial charge in [0, 0.05) is 11.1 Å². The van der Waals surface area contributed by atoms with Crippen molar-refractivity contribution in [3.05, 3.63) is 65.1 Å². The number of amides is 1. The third kappa shape index (κ3) is 4.77. The van der Waals surface area contributed by atoms with Crippen molar-refractivity contribution >= 4 is 17.6 Å². The Morgan fingerprint density at radius 3 is 2.44 bits per heavy atom. The highest BCUT2D eigenvalue weighted by Crippen LogP contribution is 2.38. The first-order valence-electron chi connectivity index (χ1n) is 10.5. The van der Waals surface area contributed by atoms with Crippen molar-refractivity contribution in [1.82, 2.24) is 15.0 Å². The summed E-state index contributed by atoms with van der Waals surface area (Å²) >= 11 is 0. The summed E-state index contributed by atoms with van der Waals surface area (Å²) in [7, 11) is 0. The van der Waals surface area contributed by atoms with Gasteiger partial charge in [0.15, 0.2) is 6.04 Å². The van der Waals surface area contributed by atoms with E-state index < -0.39 is 70.1 Å². The summed E-state index contributed by atoms with van der Waals surface area (Å²) in [6.07, 6.45) is -4.56. The zero-order chi connectivity index (χ0) is 26.4. The van der Waals surface area contributed by atoms with Crippen molar-refractivity contribution in [2.75, 3.05) is 11.9 Å². The number of esters is 1. The second kappa shape index (κ2) is 8.95.